The molecule has 3 rings (SSSR count). The molecule has 4 nitrogen and oxygen atoms in total. The van der Waals surface area contributed by atoms with Crippen molar-refractivity contribution in [2.45, 2.75) is 0 Å². The van der Waals surface area contributed by atoms with E-state index in [1.165, 1.54) is 12.1 Å². The van der Waals surface area contributed by atoms with Crippen molar-refractivity contribution >= 4 is 22.7 Å². The van der Waals surface area contributed by atoms with E-state index in [2.05, 4.69) is 0 Å². The lowest BCUT2D eigenvalue weighted by Crippen LogP contribution is -2.10. The van der Waals surface area contributed by atoms with Gasteiger partial charge < -0.3 is 9.84 Å². The molecular weight excluding hydrogens is 280 g/mol. The Morgan fingerprint density at radius 1 is 0.727 bits per heavy atom. The summed E-state index contributed by atoms with van der Waals surface area (Å²) in [7, 11) is 0. The Kier molecular flexibility index (Phi) is 3.58. The number of para-hydroxylation sites is 1. The zero-order valence-electron chi connectivity index (χ0n) is 11.5. The molecule has 0 aliphatic heterocycles. The molecule has 0 amide bonds. The van der Waals surface area contributed by atoms with Crippen molar-refractivity contribution in [3.8, 4) is 5.75 Å². The van der Waals surface area contributed by atoms with Crippen molar-refractivity contribution in [1.82, 2.24) is 0 Å². The van der Waals surface area contributed by atoms with Gasteiger partial charge >= 0.3 is 11.9 Å². The van der Waals surface area contributed by atoms with E-state index < -0.39 is 11.9 Å². The average Bonchev–Trinajstić information content (AvgIpc) is 2.54. The molecule has 1 N–H and O–H groups in total. The van der Waals surface area contributed by atoms with E-state index in [0.717, 1.165) is 0 Å². The SMILES string of the molecule is O=C(O)c1ccc(C(=O)Oc2ccccc2)c2ccccc12. The number of carbonyl (C=O) groups is 2. The number of fused-ring (bicyclic) bond motifs is 1. The van der Waals surface area contributed by atoms with Gasteiger partial charge in [0, 0.05) is 0 Å². The van der Waals surface area contributed by atoms with Crippen LogP contribution in [0.1, 0.15) is 20.7 Å². The van der Waals surface area contributed by atoms with Crippen LogP contribution in [0.3, 0.4) is 0 Å². The maximum atomic E-state index is 12.3. The number of esters is 1. The summed E-state index contributed by atoms with van der Waals surface area (Å²) in [4.78, 5) is 23.6. The molecule has 0 aromatic heterocycles. The number of rotatable bonds is 3. The van der Waals surface area contributed by atoms with E-state index >= 15 is 0 Å². The fraction of sp³-hybridized carbons (Fsp3) is 0. The molecule has 0 fully saturated rings. The van der Waals surface area contributed by atoms with Gasteiger partial charge in [0.15, 0.2) is 0 Å². The Morgan fingerprint density at radius 3 is 1.91 bits per heavy atom. The minimum Gasteiger partial charge on any atom is -0.478 e. The molecule has 0 atom stereocenters. The van der Waals surface area contributed by atoms with E-state index in [4.69, 9.17) is 4.74 Å². The smallest absolute Gasteiger partial charge is 0.344 e. The summed E-state index contributed by atoms with van der Waals surface area (Å²) in [5.41, 5.74) is 0.497. The first-order valence-electron chi connectivity index (χ1n) is 6.69. The van der Waals surface area contributed by atoms with Gasteiger partial charge in [0.25, 0.3) is 0 Å². The molecule has 0 aliphatic carbocycles. The number of hydrogen-bond acceptors (Lipinski definition) is 3. The van der Waals surface area contributed by atoms with Crippen molar-refractivity contribution in [3.63, 3.8) is 0 Å². The Hall–Kier alpha value is -3.14. The normalized spacial score (nSPS) is 10.4. The lowest BCUT2D eigenvalue weighted by atomic mass is 9.99. The second kappa shape index (κ2) is 5.69. The predicted octanol–water partition coefficient (Wildman–Crippen LogP) is 3.76. The highest BCUT2D eigenvalue weighted by molar-refractivity contribution is 6.11. The van der Waals surface area contributed by atoms with Crippen LogP contribution in [0.2, 0.25) is 0 Å². The zero-order valence-corrected chi connectivity index (χ0v) is 11.5. The maximum Gasteiger partial charge on any atom is 0.344 e. The van der Waals surface area contributed by atoms with Crippen molar-refractivity contribution in [1.29, 1.82) is 0 Å². The number of ether oxygens (including phenoxy) is 1. The van der Waals surface area contributed by atoms with Gasteiger partial charge in [0.1, 0.15) is 5.75 Å². The number of carboxylic acids is 1. The van der Waals surface area contributed by atoms with Crippen molar-refractivity contribution in [2.24, 2.45) is 0 Å². The van der Waals surface area contributed by atoms with Gasteiger partial charge in [-0.1, -0.05) is 42.5 Å². The van der Waals surface area contributed by atoms with Gasteiger partial charge in [-0.25, -0.2) is 9.59 Å². The molecule has 22 heavy (non-hydrogen) atoms. The summed E-state index contributed by atoms with van der Waals surface area (Å²) in [6.07, 6.45) is 0. The largest absolute Gasteiger partial charge is 0.478 e. The first-order valence-corrected chi connectivity index (χ1v) is 6.69. The summed E-state index contributed by atoms with van der Waals surface area (Å²) < 4.78 is 5.32. The third-order valence-corrected chi connectivity index (χ3v) is 3.33. The van der Waals surface area contributed by atoms with Gasteiger partial charge in [0.05, 0.1) is 11.1 Å². The quantitative estimate of drug-likeness (QED) is 0.589. The zero-order chi connectivity index (χ0) is 15.5. The number of hydrogen-bond donors (Lipinski definition) is 1. The van der Waals surface area contributed by atoms with Crippen LogP contribution in [-0.4, -0.2) is 17.0 Å². The third kappa shape index (κ3) is 2.54. The van der Waals surface area contributed by atoms with E-state index in [0.29, 0.717) is 22.1 Å². The summed E-state index contributed by atoms with van der Waals surface area (Å²) >= 11 is 0. The molecule has 0 radical (unpaired) electrons. The highest BCUT2D eigenvalue weighted by atomic mass is 16.5. The van der Waals surface area contributed by atoms with Gasteiger partial charge in [-0.2, -0.15) is 0 Å². The first kappa shape index (κ1) is 13.8. The maximum absolute atomic E-state index is 12.3. The van der Waals surface area contributed by atoms with Crippen LogP contribution in [0.15, 0.2) is 66.7 Å². The Balaban J connectivity index is 2.06. The van der Waals surface area contributed by atoms with Gasteiger partial charge in [-0.3, -0.25) is 0 Å². The second-order valence-electron chi connectivity index (χ2n) is 4.71. The molecule has 3 aromatic carbocycles. The second-order valence-corrected chi connectivity index (χ2v) is 4.71. The number of aromatic carboxylic acids is 1. The fourth-order valence-electron chi connectivity index (χ4n) is 2.31. The summed E-state index contributed by atoms with van der Waals surface area (Å²) in [6.45, 7) is 0. The Morgan fingerprint density at radius 2 is 1.27 bits per heavy atom. The lowest BCUT2D eigenvalue weighted by Gasteiger charge is -2.09. The highest BCUT2D eigenvalue weighted by Gasteiger charge is 2.16. The van der Waals surface area contributed by atoms with Crippen molar-refractivity contribution in [2.75, 3.05) is 0 Å². The third-order valence-electron chi connectivity index (χ3n) is 3.33. The van der Waals surface area contributed by atoms with Gasteiger partial charge in [-0.05, 0) is 35.0 Å². The monoisotopic (exact) mass is 292 g/mol. The first-order chi connectivity index (χ1) is 10.7. The topological polar surface area (TPSA) is 63.6 Å². The highest BCUT2D eigenvalue weighted by Crippen LogP contribution is 2.24. The number of carbonyl (C=O) groups excluding carboxylic acids is 1. The van der Waals surface area contributed by atoms with Crippen LogP contribution < -0.4 is 4.74 Å². The van der Waals surface area contributed by atoms with Crippen molar-refractivity contribution in [3.05, 3.63) is 77.9 Å². The molecule has 3 aromatic rings. The average molecular weight is 292 g/mol. The van der Waals surface area contributed by atoms with E-state index in [1.807, 2.05) is 6.07 Å². The molecular formula is C18H12O4. The van der Waals surface area contributed by atoms with E-state index in [1.54, 1.807) is 48.5 Å². The number of benzene rings is 3. The predicted molar refractivity (Wildman–Crippen MR) is 82.3 cm³/mol. The summed E-state index contributed by atoms with van der Waals surface area (Å²) in [5, 5.41) is 10.3. The van der Waals surface area contributed by atoms with Crippen LogP contribution in [0.5, 0.6) is 5.75 Å². The molecule has 0 spiro atoms. The van der Waals surface area contributed by atoms with Crippen molar-refractivity contribution < 1.29 is 19.4 Å². The summed E-state index contributed by atoms with van der Waals surface area (Å²) in [6, 6.07) is 18.5. The summed E-state index contributed by atoms with van der Waals surface area (Å²) in [5.74, 6) is -1.10. The molecule has 4 heteroatoms. The minimum atomic E-state index is -1.03. The standard InChI is InChI=1S/C18H12O4/c19-17(20)15-10-11-16(14-9-5-4-8-13(14)15)18(21)22-12-6-2-1-3-7-12/h1-11H,(H,19,20). The molecule has 0 bridgehead atoms. The molecule has 0 heterocycles. The molecule has 0 unspecified atom stereocenters. The number of carboxylic acid groups (broad SMARTS) is 1. The van der Waals surface area contributed by atoms with Crippen LogP contribution >= 0.6 is 0 Å². The van der Waals surface area contributed by atoms with Crippen LogP contribution in [-0.2, 0) is 0 Å². The van der Waals surface area contributed by atoms with Crippen LogP contribution in [0.25, 0.3) is 10.8 Å². The molecule has 0 saturated heterocycles. The molecule has 0 aliphatic rings. The minimum absolute atomic E-state index is 0.159. The van der Waals surface area contributed by atoms with Gasteiger partial charge in [0.2, 0.25) is 0 Å². The Labute approximate surface area is 126 Å². The van der Waals surface area contributed by atoms with Crippen LogP contribution in [0, 0.1) is 0 Å². The molecule has 0 saturated carbocycles. The fourth-order valence-corrected chi connectivity index (χ4v) is 2.31. The van der Waals surface area contributed by atoms with Crippen LogP contribution in [0.4, 0.5) is 0 Å². The molecule has 108 valence electrons. The lowest BCUT2D eigenvalue weighted by molar-refractivity contribution is 0.0694. The van der Waals surface area contributed by atoms with E-state index in [9.17, 15) is 14.7 Å². The van der Waals surface area contributed by atoms with E-state index in [-0.39, 0.29) is 5.56 Å². The Bertz CT molecular complexity index is 853. The van der Waals surface area contributed by atoms with Gasteiger partial charge in [-0.15, -0.1) is 0 Å².